The van der Waals surface area contributed by atoms with Gasteiger partial charge in [-0.05, 0) is 20.3 Å². The van der Waals surface area contributed by atoms with Gasteiger partial charge in [0, 0.05) is 6.04 Å². The molecule has 1 unspecified atom stereocenters. The van der Waals surface area contributed by atoms with E-state index < -0.39 is 0 Å². The monoisotopic (exact) mass is 129 g/mol. The number of nitrogens with two attached hydrogens (primary N) is 1. The van der Waals surface area contributed by atoms with Crippen LogP contribution in [0.5, 0.6) is 0 Å². The van der Waals surface area contributed by atoms with Gasteiger partial charge in [0.25, 0.3) is 0 Å². The fraction of sp³-hybridized carbons (Fsp3) is 0.714. The second-order valence-corrected chi connectivity index (χ2v) is 2.46. The zero-order valence-electron chi connectivity index (χ0n) is 6.09. The molecule has 0 aliphatic heterocycles. The van der Waals surface area contributed by atoms with Crippen molar-refractivity contribution in [2.75, 3.05) is 6.61 Å². The Kier molecular flexibility index (Phi) is 4.36. The Balaban J connectivity index is 3.37. The summed E-state index contributed by atoms with van der Waals surface area (Å²) in [5.41, 5.74) is 6.68. The van der Waals surface area contributed by atoms with Gasteiger partial charge in [-0.2, -0.15) is 0 Å². The van der Waals surface area contributed by atoms with Crippen molar-refractivity contribution in [3.05, 3.63) is 11.6 Å². The van der Waals surface area contributed by atoms with Gasteiger partial charge in [-0.3, -0.25) is 0 Å². The first-order chi connectivity index (χ1) is 4.16. The van der Waals surface area contributed by atoms with Crippen LogP contribution in [0.1, 0.15) is 20.3 Å². The van der Waals surface area contributed by atoms with Crippen molar-refractivity contribution in [3.8, 4) is 0 Å². The molecule has 0 aliphatic carbocycles. The van der Waals surface area contributed by atoms with Crippen molar-refractivity contribution in [2.45, 2.75) is 26.3 Å². The largest absolute Gasteiger partial charge is 0.395 e. The van der Waals surface area contributed by atoms with Gasteiger partial charge in [0.15, 0.2) is 0 Å². The third-order valence-corrected chi connectivity index (χ3v) is 1.06. The minimum Gasteiger partial charge on any atom is -0.395 e. The van der Waals surface area contributed by atoms with Crippen LogP contribution in [0.2, 0.25) is 0 Å². The van der Waals surface area contributed by atoms with Crippen LogP contribution in [0.25, 0.3) is 0 Å². The third kappa shape index (κ3) is 5.53. The van der Waals surface area contributed by atoms with E-state index >= 15 is 0 Å². The molecule has 0 aliphatic rings. The molecular formula is C7H15NO. The molecule has 0 saturated carbocycles. The molecule has 2 nitrogen and oxygen atoms in total. The molecule has 54 valence electrons. The fourth-order valence-electron chi connectivity index (χ4n) is 0.462. The number of hydrogen-bond acceptors (Lipinski definition) is 2. The summed E-state index contributed by atoms with van der Waals surface area (Å²) in [7, 11) is 0. The summed E-state index contributed by atoms with van der Waals surface area (Å²) in [6.45, 7) is 4.11. The molecule has 0 amide bonds. The summed E-state index contributed by atoms with van der Waals surface area (Å²) in [5.74, 6) is 0. The summed E-state index contributed by atoms with van der Waals surface area (Å²) in [6.07, 6.45) is 2.81. The van der Waals surface area contributed by atoms with Crippen LogP contribution in [-0.2, 0) is 0 Å². The van der Waals surface area contributed by atoms with E-state index in [2.05, 4.69) is 0 Å². The molecule has 0 heterocycles. The highest BCUT2D eigenvalue weighted by Crippen LogP contribution is 1.94. The van der Waals surface area contributed by atoms with Crippen LogP contribution in [0, 0.1) is 0 Å². The summed E-state index contributed by atoms with van der Waals surface area (Å²) >= 11 is 0. The molecular weight excluding hydrogens is 114 g/mol. The zero-order valence-corrected chi connectivity index (χ0v) is 6.09. The quantitative estimate of drug-likeness (QED) is 0.550. The van der Waals surface area contributed by atoms with E-state index in [4.69, 9.17) is 10.8 Å². The lowest BCUT2D eigenvalue weighted by Gasteiger charge is -2.02. The zero-order chi connectivity index (χ0) is 7.28. The van der Waals surface area contributed by atoms with Crippen molar-refractivity contribution in [3.63, 3.8) is 0 Å². The molecule has 3 N–H and O–H groups in total. The maximum absolute atomic E-state index is 8.49. The number of hydrogen-bond donors (Lipinski definition) is 2. The van der Waals surface area contributed by atoms with E-state index in [0.717, 1.165) is 6.42 Å². The summed E-state index contributed by atoms with van der Waals surface area (Å²) in [4.78, 5) is 0. The Labute approximate surface area is 56.4 Å². The average molecular weight is 129 g/mol. The Morgan fingerprint density at radius 2 is 2.22 bits per heavy atom. The predicted molar refractivity (Wildman–Crippen MR) is 39.1 cm³/mol. The standard InChI is InChI=1S/C7H15NO/c1-6(2)3-4-7(8)5-9/h3,7,9H,4-5,8H2,1-2H3. The van der Waals surface area contributed by atoms with E-state index in [-0.39, 0.29) is 12.6 Å². The highest BCUT2D eigenvalue weighted by atomic mass is 16.3. The van der Waals surface area contributed by atoms with Gasteiger partial charge in [0.2, 0.25) is 0 Å². The maximum Gasteiger partial charge on any atom is 0.0585 e. The fourth-order valence-corrected chi connectivity index (χ4v) is 0.462. The smallest absolute Gasteiger partial charge is 0.0585 e. The lowest BCUT2D eigenvalue weighted by Crippen LogP contribution is -2.23. The van der Waals surface area contributed by atoms with Crippen LogP contribution < -0.4 is 5.73 Å². The van der Waals surface area contributed by atoms with E-state index in [1.54, 1.807) is 0 Å². The van der Waals surface area contributed by atoms with Gasteiger partial charge in [-0.15, -0.1) is 0 Å². The van der Waals surface area contributed by atoms with E-state index in [9.17, 15) is 0 Å². The van der Waals surface area contributed by atoms with Gasteiger partial charge in [-0.25, -0.2) is 0 Å². The Hall–Kier alpha value is -0.340. The number of rotatable bonds is 3. The SMILES string of the molecule is CC(C)=CCC(N)CO. The van der Waals surface area contributed by atoms with Crippen LogP contribution in [0.15, 0.2) is 11.6 Å². The Morgan fingerprint density at radius 3 is 2.56 bits per heavy atom. The first-order valence-electron chi connectivity index (χ1n) is 3.16. The molecule has 2 heteroatoms. The van der Waals surface area contributed by atoms with Gasteiger partial charge in [0.05, 0.1) is 6.61 Å². The van der Waals surface area contributed by atoms with Crippen molar-refractivity contribution in [1.82, 2.24) is 0 Å². The Morgan fingerprint density at radius 1 is 1.67 bits per heavy atom. The molecule has 9 heavy (non-hydrogen) atoms. The molecule has 0 fully saturated rings. The highest BCUT2D eigenvalue weighted by molar-refractivity contribution is 4.94. The average Bonchev–Trinajstić information content (AvgIpc) is 1.83. The summed E-state index contributed by atoms with van der Waals surface area (Å²) in [5, 5.41) is 8.49. The first kappa shape index (κ1) is 8.66. The Bertz CT molecular complexity index is 95.1. The highest BCUT2D eigenvalue weighted by Gasteiger charge is 1.94. The third-order valence-electron chi connectivity index (χ3n) is 1.06. The molecule has 0 aromatic carbocycles. The minimum atomic E-state index is -0.0834. The number of allylic oxidation sites excluding steroid dienone is 1. The van der Waals surface area contributed by atoms with Crippen LogP contribution in [0.4, 0.5) is 0 Å². The maximum atomic E-state index is 8.49. The molecule has 0 aromatic heterocycles. The first-order valence-corrected chi connectivity index (χ1v) is 3.16. The van der Waals surface area contributed by atoms with Crippen molar-refractivity contribution in [1.29, 1.82) is 0 Å². The van der Waals surface area contributed by atoms with Crippen LogP contribution >= 0.6 is 0 Å². The van der Waals surface area contributed by atoms with Crippen molar-refractivity contribution < 1.29 is 5.11 Å². The molecule has 0 aromatic rings. The van der Waals surface area contributed by atoms with Gasteiger partial charge < -0.3 is 10.8 Å². The lowest BCUT2D eigenvalue weighted by molar-refractivity contribution is 0.266. The number of aliphatic hydroxyl groups excluding tert-OH is 1. The molecule has 0 rings (SSSR count). The van der Waals surface area contributed by atoms with E-state index in [0.29, 0.717) is 0 Å². The minimum absolute atomic E-state index is 0.0732. The molecule has 1 atom stereocenters. The summed E-state index contributed by atoms with van der Waals surface area (Å²) < 4.78 is 0. The van der Waals surface area contributed by atoms with E-state index in [1.807, 2.05) is 19.9 Å². The van der Waals surface area contributed by atoms with Crippen LogP contribution in [-0.4, -0.2) is 17.8 Å². The van der Waals surface area contributed by atoms with Gasteiger partial charge in [0.1, 0.15) is 0 Å². The van der Waals surface area contributed by atoms with Crippen molar-refractivity contribution >= 4 is 0 Å². The molecule has 0 bridgehead atoms. The van der Waals surface area contributed by atoms with E-state index in [1.165, 1.54) is 5.57 Å². The second-order valence-electron chi connectivity index (χ2n) is 2.46. The molecule has 0 radical (unpaired) electrons. The predicted octanol–water partition coefficient (Wildman–Crippen LogP) is 0.662. The van der Waals surface area contributed by atoms with Crippen LogP contribution in [0.3, 0.4) is 0 Å². The second kappa shape index (κ2) is 4.53. The molecule has 0 saturated heterocycles. The lowest BCUT2D eigenvalue weighted by atomic mass is 10.2. The van der Waals surface area contributed by atoms with Gasteiger partial charge in [-0.1, -0.05) is 11.6 Å². The normalized spacial score (nSPS) is 12.9. The van der Waals surface area contributed by atoms with Crippen molar-refractivity contribution in [2.24, 2.45) is 5.73 Å². The molecule has 0 spiro atoms. The topological polar surface area (TPSA) is 46.2 Å². The van der Waals surface area contributed by atoms with Gasteiger partial charge >= 0.3 is 0 Å². The number of aliphatic hydroxyl groups is 1. The summed E-state index contributed by atoms with van der Waals surface area (Å²) in [6, 6.07) is -0.0834.